The maximum absolute atomic E-state index is 14.3. The summed E-state index contributed by atoms with van der Waals surface area (Å²) in [4.78, 5) is 4.49. The Morgan fingerprint density at radius 2 is 1.53 bits per heavy atom. The molecule has 0 N–H and O–H groups in total. The van der Waals surface area contributed by atoms with E-state index >= 15 is 0 Å². The van der Waals surface area contributed by atoms with Crippen molar-refractivity contribution in [2.24, 2.45) is 0 Å². The summed E-state index contributed by atoms with van der Waals surface area (Å²) < 4.78 is 14.3. The molecule has 1 heterocycles. The smallest absolute Gasteiger partial charge is 0.149 e. The van der Waals surface area contributed by atoms with Crippen molar-refractivity contribution >= 4 is 10.9 Å². The molecule has 1 aromatic carbocycles. The van der Waals surface area contributed by atoms with Crippen LogP contribution in [0.5, 0.6) is 0 Å². The lowest BCUT2D eigenvalue weighted by Gasteiger charge is -2.21. The molecule has 0 aliphatic rings. The van der Waals surface area contributed by atoms with Crippen molar-refractivity contribution in [3.63, 3.8) is 0 Å². The van der Waals surface area contributed by atoms with Gasteiger partial charge in [0.2, 0.25) is 0 Å². The van der Waals surface area contributed by atoms with Gasteiger partial charge in [-0.25, -0.2) is 9.37 Å². The predicted octanol–water partition coefficient (Wildman–Crippen LogP) is 4.97. The topological polar surface area (TPSA) is 12.9 Å². The molecule has 0 aliphatic heterocycles. The summed E-state index contributed by atoms with van der Waals surface area (Å²) in [7, 11) is 0. The van der Waals surface area contributed by atoms with Gasteiger partial charge in [0.1, 0.15) is 11.3 Å². The standard InChI is InChI=1S/C17H22FN/c1-16(2,3)12-9-11-7-8-14(17(4,5)6)19-15(11)13(18)10-12/h7-10H,1-6H3. The zero-order chi connectivity index (χ0) is 14.4. The molecule has 0 spiro atoms. The van der Waals surface area contributed by atoms with E-state index < -0.39 is 0 Å². The van der Waals surface area contributed by atoms with E-state index in [1.807, 2.05) is 18.2 Å². The van der Waals surface area contributed by atoms with Crippen molar-refractivity contribution in [1.29, 1.82) is 0 Å². The number of benzene rings is 1. The lowest BCUT2D eigenvalue weighted by atomic mass is 9.85. The van der Waals surface area contributed by atoms with E-state index in [0.717, 1.165) is 16.6 Å². The van der Waals surface area contributed by atoms with Crippen LogP contribution in [0.15, 0.2) is 24.3 Å². The molecule has 2 heteroatoms. The molecule has 2 aromatic rings. The van der Waals surface area contributed by atoms with Gasteiger partial charge in [0.25, 0.3) is 0 Å². The number of rotatable bonds is 0. The second kappa shape index (κ2) is 4.29. The third-order valence-electron chi connectivity index (χ3n) is 3.38. The Kier molecular flexibility index (Phi) is 3.16. The third kappa shape index (κ3) is 2.78. The molecule has 1 nitrogen and oxygen atoms in total. The number of fused-ring (bicyclic) bond motifs is 1. The molecule has 0 unspecified atom stereocenters. The fraction of sp³-hybridized carbons (Fsp3) is 0.471. The van der Waals surface area contributed by atoms with Crippen LogP contribution in [0.3, 0.4) is 0 Å². The fourth-order valence-corrected chi connectivity index (χ4v) is 2.04. The van der Waals surface area contributed by atoms with Gasteiger partial charge in [-0.05, 0) is 29.2 Å². The number of hydrogen-bond acceptors (Lipinski definition) is 1. The van der Waals surface area contributed by atoms with E-state index in [2.05, 4.69) is 46.5 Å². The van der Waals surface area contributed by atoms with Crippen molar-refractivity contribution in [1.82, 2.24) is 4.98 Å². The van der Waals surface area contributed by atoms with Gasteiger partial charge in [-0.15, -0.1) is 0 Å². The highest BCUT2D eigenvalue weighted by molar-refractivity contribution is 5.80. The van der Waals surface area contributed by atoms with Gasteiger partial charge in [0, 0.05) is 16.5 Å². The van der Waals surface area contributed by atoms with E-state index in [1.165, 1.54) is 0 Å². The zero-order valence-corrected chi connectivity index (χ0v) is 12.6. The molecule has 2 rings (SSSR count). The van der Waals surface area contributed by atoms with E-state index in [0.29, 0.717) is 5.52 Å². The first-order valence-corrected chi connectivity index (χ1v) is 6.70. The molecular formula is C17H22FN. The Morgan fingerprint density at radius 3 is 2.05 bits per heavy atom. The second-order valence-electron chi connectivity index (χ2n) is 7.23. The van der Waals surface area contributed by atoms with Gasteiger partial charge in [-0.2, -0.15) is 0 Å². The van der Waals surface area contributed by atoms with Crippen molar-refractivity contribution in [2.75, 3.05) is 0 Å². The van der Waals surface area contributed by atoms with E-state index in [1.54, 1.807) is 6.07 Å². The third-order valence-corrected chi connectivity index (χ3v) is 3.38. The van der Waals surface area contributed by atoms with Gasteiger partial charge < -0.3 is 0 Å². The summed E-state index contributed by atoms with van der Waals surface area (Å²) in [5, 5.41) is 0.873. The molecule has 0 atom stereocenters. The second-order valence-corrected chi connectivity index (χ2v) is 7.23. The first kappa shape index (κ1) is 14.0. The minimum atomic E-state index is -0.228. The lowest BCUT2D eigenvalue weighted by Crippen LogP contribution is -2.14. The number of nitrogens with zero attached hydrogens (tertiary/aromatic N) is 1. The largest absolute Gasteiger partial charge is 0.249 e. The Morgan fingerprint density at radius 1 is 0.895 bits per heavy atom. The molecule has 0 radical (unpaired) electrons. The Balaban J connectivity index is 2.67. The monoisotopic (exact) mass is 259 g/mol. The van der Waals surface area contributed by atoms with Crippen molar-refractivity contribution in [2.45, 2.75) is 52.4 Å². The van der Waals surface area contributed by atoms with Gasteiger partial charge in [-0.3, -0.25) is 0 Å². The molecule has 0 fully saturated rings. The van der Waals surface area contributed by atoms with Crippen LogP contribution in [-0.2, 0) is 10.8 Å². The van der Waals surface area contributed by atoms with E-state index in [-0.39, 0.29) is 16.6 Å². The molecule has 19 heavy (non-hydrogen) atoms. The molecule has 1 aromatic heterocycles. The van der Waals surface area contributed by atoms with Crippen LogP contribution < -0.4 is 0 Å². The molecule has 0 bridgehead atoms. The van der Waals surface area contributed by atoms with Gasteiger partial charge >= 0.3 is 0 Å². The Bertz CT molecular complexity index is 615. The normalized spacial score (nSPS) is 13.0. The molecular weight excluding hydrogens is 237 g/mol. The summed E-state index contributed by atoms with van der Waals surface area (Å²) >= 11 is 0. The van der Waals surface area contributed by atoms with Crippen molar-refractivity contribution < 1.29 is 4.39 Å². The quantitative estimate of drug-likeness (QED) is 0.651. The van der Waals surface area contributed by atoms with Crippen LogP contribution in [0.4, 0.5) is 4.39 Å². The zero-order valence-electron chi connectivity index (χ0n) is 12.6. The minimum absolute atomic E-state index is 0.0578. The van der Waals surface area contributed by atoms with Crippen molar-refractivity contribution in [3.8, 4) is 0 Å². The van der Waals surface area contributed by atoms with Crippen molar-refractivity contribution in [3.05, 3.63) is 41.3 Å². The summed E-state index contributed by atoms with van der Waals surface area (Å²) in [6.07, 6.45) is 0. The SMILES string of the molecule is CC(C)(C)c1cc(F)c2nc(C(C)(C)C)ccc2c1. The molecule has 0 aliphatic carbocycles. The van der Waals surface area contributed by atoms with Crippen LogP contribution in [-0.4, -0.2) is 4.98 Å². The average Bonchev–Trinajstić information content (AvgIpc) is 2.26. The van der Waals surface area contributed by atoms with E-state index in [9.17, 15) is 4.39 Å². The summed E-state index contributed by atoms with van der Waals surface area (Å²) in [6.45, 7) is 12.5. The number of aromatic nitrogens is 1. The summed E-state index contributed by atoms with van der Waals surface area (Å²) in [6, 6.07) is 7.62. The molecule has 0 saturated heterocycles. The number of pyridine rings is 1. The molecule has 102 valence electrons. The van der Waals surface area contributed by atoms with Crippen LogP contribution in [0.25, 0.3) is 10.9 Å². The van der Waals surface area contributed by atoms with Crippen LogP contribution in [0, 0.1) is 5.82 Å². The fourth-order valence-electron chi connectivity index (χ4n) is 2.04. The average molecular weight is 259 g/mol. The Labute approximate surface area is 114 Å². The first-order valence-electron chi connectivity index (χ1n) is 6.70. The lowest BCUT2D eigenvalue weighted by molar-refractivity contribution is 0.564. The highest BCUT2D eigenvalue weighted by Crippen LogP contribution is 2.29. The molecule has 0 saturated carbocycles. The predicted molar refractivity (Wildman–Crippen MR) is 79.1 cm³/mol. The maximum atomic E-state index is 14.3. The van der Waals surface area contributed by atoms with Gasteiger partial charge in [0.05, 0.1) is 0 Å². The maximum Gasteiger partial charge on any atom is 0.149 e. The minimum Gasteiger partial charge on any atom is -0.249 e. The highest BCUT2D eigenvalue weighted by atomic mass is 19.1. The molecule has 0 amide bonds. The number of halogens is 1. The summed E-state index contributed by atoms with van der Waals surface area (Å²) in [5.74, 6) is -0.228. The van der Waals surface area contributed by atoms with Gasteiger partial charge in [0.15, 0.2) is 0 Å². The van der Waals surface area contributed by atoms with Crippen LogP contribution in [0.2, 0.25) is 0 Å². The van der Waals surface area contributed by atoms with Gasteiger partial charge in [-0.1, -0.05) is 47.6 Å². The van der Waals surface area contributed by atoms with E-state index in [4.69, 9.17) is 0 Å². The Hall–Kier alpha value is -1.44. The first-order chi connectivity index (χ1) is 8.59. The van der Waals surface area contributed by atoms with Crippen LogP contribution in [0.1, 0.15) is 52.8 Å². The number of hydrogen-bond donors (Lipinski definition) is 0. The summed E-state index contributed by atoms with van der Waals surface area (Å²) in [5.41, 5.74) is 2.27. The van der Waals surface area contributed by atoms with Crippen LogP contribution >= 0.6 is 0 Å². The highest BCUT2D eigenvalue weighted by Gasteiger charge is 2.19.